The van der Waals surface area contributed by atoms with Crippen LogP contribution in [-0.4, -0.2) is 46.6 Å². The van der Waals surface area contributed by atoms with Gasteiger partial charge in [-0.2, -0.15) is 23.4 Å². The summed E-state index contributed by atoms with van der Waals surface area (Å²) in [7, 11) is 1.56. The molecular weight excluding hydrogens is 485 g/mol. The summed E-state index contributed by atoms with van der Waals surface area (Å²) in [6, 6.07) is 8.16. The number of halogens is 3. The average molecular weight is 506 g/mol. The van der Waals surface area contributed by atoms with Gasteiger partial charge in [-0.1, -0.05) is 12.1 Å². The smallest absolute Gasteiger partial charge is 0.435 e. The van der Waals surface area contributed by atoms with Gasteiger partial charge >= 0.3 is 6.18 Å². The first-order chi connectivity index (χ1) is 17.8. The Kier molecular flexibility index (Phi) is 5.39. The van der Waals surface area contributed by atoms with Gasteiger partial charge in [-0.05, 0) is 43.5 Å². The van der Waals surface area contributed by atoms with Crippen molar-refractivity contribution in [3.05, 3.63) is 71.7 Å². The predicted molar refractivity (Wildman–Crippen MR) is 127 cm³/mol. The van der Waals surface area contributed by atoms with Gasteiger partial charge in [0.05, 0.1) is 36.6 Å². The number of benzene rings is 1. The SMILES string of the molecule is COc1ncnc(C2CC2)c1-c1ncc2cnn(Cc3ccc(-n4nc(C(F)(F)F)cc4C)cc3)c2n1. The molecule has 0 saturated heterocycles. The lowest BCUT2D eigenvalue weighted by Gasteiger charge is -2.11. The molecule has 1 aliphatic rings. The number of nitrogens with zero attached hydrogens (tertiary/aromatic N) is 8. The number of aryl methyl sites for hydroxylation is 1. The minimum atomic E-state index is -4.49. The van der Waals surface area contributed by atoms with Crippen molar-refractivity contribution in [2.45, 2.75) is 38.4 Å². The molecule has 5 aromatic rings. The van der Waals surface area contributed by atoms with Crippen LogP contribution in [0.5, 0.6) is 5.88 Å². The number of alkyl halides is 3. The zero-order valence-electron chi connectivity index (χ0n) is 19.9. The molecule has 188 valence electrons. The highest BCUT2D eigenvalue weighted by molar-refractivity contribution is 5.77. The number of fused-ring (bicyclic) bond motifs is 1. The van der Waals surface area contributed by atoms with Crippen molar-refractivity contribution in [2.24, 2.45) is 0 Å². The fourth-order valence-corrected chi connectivity index (χ4v) is 4.31. The van der Waals surface area contributed by atoms with E-state index in [1.807, 2.05) is 12.1 Å². The molecule has 0 unspecified atom stereocenters. The van der Waals surface area contributed by atoms with E-state index in [0.29, 0.717) is 46.8 Å². The van der Waals surface area contributed by atoms with Crippen molar-refractivity contribution in [1.29, 1.82) is 0 Å². The summed E-state index contributed by atoms with van der Waals surface area (Å²) in [4.78, 5) is 18.1. The Morgan fingerprint density at radius 2 is 1.84 bits per heavy atom. The first kappa shape index (κ1) is 23.1. The third-order valence-electron chi connectivity index (χ3n) is 6.29. The molecule has 0 bridgehead atoms. The van der Waals surface area contributed by atoms with E-state index >= 15 is 0 Å². The predicted octanol–water partition coefficient (Wildman–Crippen LogP) is 4.73. The van der Waals surface area contributed by atoms with E-state index in [-0.39, 0.29) is 0 Å². The van der Waals surface area contributed by atoms with Gasteiger partial charge in [0, 0.05) is 17.8 Å². The van der Waals surface area contributed by atoms with Gasteiger partial charge in [-0.15, -0.1) is 0 Å². The largest absolute Gasteiger partial charge is 0.480 e. The van der Waals surface area contributed by atoms with Gasteiger partial charge in [0.25, 0.3) is 0 Å². The molecule has 1 fully saturated rings. The molecule has 1 aliphatic carbocycles. The molecule has 12 heteroatoms. The van der Waals surface area contributed by atoms with Crippen LogP contribution >= 0.6 is 0 Å². The van der Waals surface area contributed by atoms with Gasteiger partial charge in [-0.3, -0.25) is 0 Å². The van der Waals surface area contributed by atoms with Gasteiger partial charge in [0.15, 0.2) is 17.2 Å². The highest BCUT2D eigenvalue weighted by Gasteiger charge is 2.34. The summed E-state index contributed by atoms with van der Waals surface area (Å²) in [5, 5.41) is 8.96. The highest BCUT2D eigenvalue weighted by Crippen LogP contribution is 2.44. The minimum Gasteiger partial charge on any atom is -0.480 e. The Hall–Kier alpha value is -4.35. The Labute approximate surface area is 209 Å². The molecule has 6 rings (SSSR count). The Balaban J connectivity index is 1.31. The number of ether oxygens (including phenoxy) is 1. The van der Waals surface area contributed by atoms with E-state index in [4.69, 9.17) is 9.72 Å². The summed E-state index contributed by atoms with van der Waals surface area (Å²) in [5.74, 6) is 1.25. The lowest BCUT2D eigenvalue weighted by molar-refractivity contribution is -0.141. The van der Waals surface area contributed by atoms with Crippen LogP contribution in [0.25, 0.3) is 28.1 Å². The second-order valence-corrected chi connectivity index (χ2v) is 8.94. The second-order valence-electron chi connectivity index (χ2n) is 8.94. The number of hydrogen-bond acceptors (Lipinski definition) is 7. The monoisotopic (exact) mass is 506 g/mol. The Morgan fingerprint density at radius 1 is 1.05 bits per heavy atom. The topological polar surface area (TPSA) is 96.4 Å². The molecule has 0 spiro atoms. The van der Waals surface area contributed by atoms with Crippen molar-refractivity contribution in [3.63, 3.8) is 0 Å². The van der Waals surface area contributed by atoms with E-state index in [0.717, 1.165) is 35.6 Å². The summed E-state index contributed by atoms with van der Waals surface area (Å²) >= 11 is 0. The maximum absolute atomic E-state index is 13.0. The van der Waals surface area contributed by atoms with Gasteiger partial charge in [0.1, 0.15) is 11.9 Å². The molecule has 4 aromatic heterocycles. The van der Waals surface area contributed by atoms with Crippen molar-refractivity contribution in [1.82, 2.24) is 39.5 Å². The van der Waals surface area contributed by atoms with Gasteiger partial charge in [0.2, 0.25) is 5.88 Å². The second kappa shape index (κ2) is 8.64. The number of aromatic nitrogens is 8. The molecule has 0 aliphatic heterocycles. The van der Waals surface area contributed by atoms with Crippen LogP contribution in [0.15, 0.2) is 49.1 Å². The van der Waals surface area contributed by atoms with Gasteiger partial charge in [-0.25, -0.2) is 29.3 Å². The maximum Gasteiger partial charge on any atom is 0.435 e. The van der Waals surface area contributed by atoms with Gasteiger partial charge < -0.3 is 4.74 Å². The molecule has 4 heterocycles. The summed E-state index contributed by atoms with van der Waals surface area (Å²) in [5.41, 5.74) is 3.13. The minimum absolute atomic E-state index is 0.347. The number of rotatable bonds is 6. The normalized spacial score (nSPS) is 13.9. The van der Waals surface area contributed by atoms with E-state index in [1.54, 1.807) is 43.2 Å². The van der Waals surface area contributed by atoms with E-state index in [1.165, 1.54) is 11.0 Å². The average Bonchev–Trinajstić information content (AvgIpc) is 3.55. The van der Waals surface area contributed by atoms with E-state index in [9.17, 15) is 13.2 Å². The zero-order chi connectivity index (χ0) is 25.7. The molecule has 1 saturated carbocycles. The lowest BCUT2D eigenvalue weighted by atomic mass is 10.1. The summed E-state index contributed by atoms with van der Waals surface area (Å²) in [6.07, 6.45) is 2.52. The molecule has 0 radical (unpaired) electrons. The summed E-state index contributed by atoms with van der Waals surface area (Å²) in [6.45, 7) is 1.99. The lowest BCUT2D eigenvalue weighted by Crippen LogP contribution is -2.08. The highest BCUT2D eigenvalue weighted by atomic mass is 19.4. The number of hydrogen-bond donors (Lipinski definition) is 0. The summed E-state index contributed by atoms with van der Waals surface area (Å²) < 4.78 is 47.6. The van der Waals surface area contributed by atoms with Crippen LogP contribution in [-0.2, 0) is 12.7 Å². The molecular formula is C25H21F3N8O. The molecule has 0 amide bonds. The van der Waals surface area contributed by atoms with Crippen LogP contribution in [0.4, 0.5) is 13.2 Å². The quantitative estimate of drug-likeness (QED) is 0.329. The van der Waals surface area contributed by atoms with Crippen LogP contribution in [0.1, 0.15) is 41.4 Å². The van der Waals surface area contributed by atoms with Crippen LogP contribution in [0.3, 0.4) is 0 Å². The Bertz CT molecular complexity index is 1600. The van der Waals surface area contributed by atoms with Crippen molar-refractivity contribution >= 4 is 11.0 Å². The fourth-order valence-electron chi connectivity index (χ4n) is 4.31. The first-order valence-electron chi connectivity index (χ1n) is 11.6. The molecule has 9 nitrogen and oxygen atoms in total. The number of methoxy groups -OCH3 is 1. The van der Waals surface area contributed by atoms with E-state index < -0.39 is 11.9 Å². The third-order valence-corrected chi connectivity index (χ3v) is 6.29. The Morgan fingerprint density at radius 3 is 2.51 bits per heavy atom. The fraction of sp³-hybridized carbons (Fsp3) is 0.280. The van der Waals surface area contributed by atoms with Crippen LogP contribution in [0, 0.1) is 6.92 Å². The van der Waals surface area contributed by atoms with Crippen LogP contribution in [0.2, 0.25) is 0 Å². The van der Waals surface area contributed by atoms with Crippen LogP contribution < -0.4 is 4.74 Å². The maximum atomic E-state index is 13.0. The first-order valence-corrected chi connectivity index (χ1v) is 11.6. The molecule has 1 aromatic carbocycles. The molecule has 37 heavy (non-hydrogen) atoms. The third kappa shape index (κ3) is 4.28. The van der Waals surface area contributed by atoms with Crippen molar-refractivity contribution in [3.8, 4) is 23.0 Å². The van der Waals surface area contributed by atoms with E-state index in [2.05, 4.69) is 25.1 Å². The van der Waals surface area contributed by atoms with Crippen molar-refractivity contribution < 1.29 is 17.9 Å². The van der Waals surface area contributed by atoms with Crippen molar-refractivity contribution in [2.75, 3.05) is 7.11 Å². The molecule has 0 N–H and O–H groups in total. The zero-order valence-corrected chi connectivity index (χ0v) is 19.9. The standard InChI is InChI=1S/C25H21F3N8O/c1-14-9-19(25(26,27)28)34-36(14)18-7-3-15(4-8-18)12-35-23-17(11-32-35)10-29-22(33-23)20-21(16-5-6-16)30-13-31-24(20)37-2/h3-4,7-11,13,16H,5-6,12H2,1-2H3. The molecule has 0 atom stereocenters.